The quantitative estimate of drug-likeness (QED) is 0.722. The molecule has 1 unspecified atom stereocenters. The first-order valence-corrected chi connectivity index (χ1v) is 7.55. The highest BCUT2D eigenvalue weighted by molar-refractivity contribution is 4.75. The summed E-state index contributed by atoms with van der Waals surface area (Å²) in [5, 5.41) is 3.51. The number of rotatable bonds is 8. The zero-order valence-corrected chi connectivity index (χ0v) is 12.8. The summed E-state index contributed by atoms with van der Waals surface area (Å²) in [6.45, 7) is 12.7. The van der Waals surface area contributed by atoms with Crippen molar-refractivity contribution in [3.8, 4) is 0 Å². The van der Waals surface area contributed by atoms with Gasteiger partial charge in [0.25, 0.3) is 0 Å². The smallest absolute Gasteiger partial charge is 0.0634 e. The Morgan fingerprint density at radius 1 is 1.33 bits per heavy atom. The lowest BCUT2D eigenvalue weighted by Gasteiger charge is -2.32. The van der Waals surface area contributed by atoms with E-state index >= 15 is 0 Å². The maximum absolute atomic E-state index is 5.52. The summed E-state index contributed by atoms with van der Waals surface area (Å²) in [5.41, 5.74) is 0.0107. The van der Waals surface area contributed by atoms with Gasteiger partial charge in [0.15, 0.2) is 0 Å². The van der Waals surface area contributed by atoms with Gasteiger partial charge in [-0.2, -0.15) is 0 Å². The molecule has 0 aromatic carbocycles. The standard InChI is InChI=1S/C15H32N2O/c1-5-10-17(11-8-15(2,3)18-4)13-14-7-6-9-16-12-14/h14,16H,5-13H2,1-4H3. The monoisotopic (exact) mass is 256 g/mol. The molecule has 1 aliphatic heterocycles. The highest BCUT2D eigenvalue weighted by atomic mass is 16.5. The third-order valence-electron chi connectivity index (χ3n) is 4.04. The van der Waals surface area contributed by atoms with Crippen molar-refractivity contribution in [3.63, 3.8) is 0 Å². The molecule has 3 nitrogen and oxygen atoms in total. The number of ether oxygens (including phenoxy) is 1. The molecule has 0 aliphatic carbocycles. The van der Waals surface area contributed by atoms with E-state index in [9.17, 15) is 0 Å². The molecule has 1 saturated heterocycles. The van der Waals surface area contributed by atoms with Crippen LogP contribution >= 0.6 is 0 Å². The van der Waals surface area contributed by atoms with E-state index in [0.717, 1.165) is 18.9 Å². The molecule has 0 aromatic rings. The van der Waals surface area contributed by atoms with Crippen LogP contribution in [0.2, 0.25) is 0 Å². The normalized spacial score (nSPS) is 21.5. The van der Waals surface area contributed by atoms with E-state index in [0.29, 0.717) is 0 Å². The van der Waals surface area contributed by atoms with Gasteiger partial charge in [-0.3, -0.25) is 0 Å². The number of methoxy groups -OCH3 is 1. The van der Waals surface area contributed by atoms with Crippen molar-refractivity contribution in [2.45, 2.75) is 52.1 Å². The molecule has 1 N–H and O–H groups in total. The molecule has 1 rings (SSSR count). The summed E-state index contributed by atoms with van der Waals surface area (Å²) >= 11 is 0. The minimum atomic E-state index is 0.0107. The van der Waals surface area contributed by atoms with Crippen LogP contribution in [0.25, 0.3) is 0 Å². The molecule has 1 fully saturated rings. The third-order valence-corrected chi connectivity index (χ3v) is 4.04. The molecule has 0 aromatic heterocycles. The molecule has 0 amide bonds. The van der Waals surface area contributed by atoms with Crippen molar-refractivity contribution in [3.05, 3.63) is 0 Å². The predicted octanol–water partition coefficient (Wildman–Crippen LogP) is 2.51. The van der Waals surface area contributed by atoms with Crippen LogP contribution in [0.5, 0.6) is 0 Å². The van der Waals surface area contributed by atoms with Gasteiger partial charge < -0.3 is 15.0 Å². The maximum atomic E-state index is 5.52. The molecular formula is C15H32N2O. The highest BCUT2D eigenvalue weighted by Crippen LogP contribution is 2.16. The number of nitrogens with one attached hydrogen (secondary N) is 1. The van der Waals surface area contributed by atoms with Gasteiger partial charge >= 0.3 is 0 Å². The molecule has 1 aliphatic rings. The zero-order chi connectivity index (χ0) is 13.4. The minimum Gasteiger partial charge on any atom is -0.379 e. The van der Waals surface area contributed by atoms with E-state index in [1.807, 2.05) is 7.11 Å². The number of nitrogens with zero attached hydrogens (tertiary/aromatic N) is 1. The summed E-state index contributed by atoms with van der Waals surface area (Å²) in [6, 6.07) is 0. The van der Waals surface area contributed by atoms with Gasteiger partial charge in [-0.25, -0.2) is 0 Å². The van der Waals surface area contributed by atoms with Crippen molar-refractivity contribution in [2.75, 3.05) is 39.8 Å². The molecular weight excluding hydrogens is 224 g/mol. The van der Waals surface area contributed by atoms with Crippen molar-refractivity contribution in [2.24, 2.45) is 5.92 Å². The van der Waals surface area contributed by atoms with Gasteiger partial charge in [-0.15, -0.1) is 0 Å². The number of hydrogen-bond acceptors (Lipinski definition) is 3. The summed E-state index contributed by atoms with van der Waals surface area (Å²) in [7, 11) is 1.81. The van der Waals surface area contributed by atoms with Crippen molar-refractivity contribution >= 4 is 0 Å². The van der Waals surface area contributed by atoms with Gasteiger partial charge in [0.05, 0.1) is 5.60 Å². The first-order chi connectivity index (χ1) is 8.57. The van der Waals surface area contributed by atoms with E-state index in [4.69, 9.17) is 4.74 Å². The molecule has 0 spiro atoms. The summed E-state index contributed by atoms with van der Waals surface area (Å²) in [4.78, 5) is 2.62. The molecule has 0 saturated carbocycles. The van der Waals surface area contributed by atoms with Crippen LogP contribution in [-0.2, 0) is 4.74 Å². The van der Waals surface area contributed by atoms with E-state index in [-0.39, 0.29) is 5.60 Å². The lowest BCUT2D eigenvalue weighted by Crippen LogP contribution is -2.40. The van der Waals surface area contributed by atoms with Gasteiger partial charge in [0, 0.05) is 20.2 Å². The molecule has 1 heterocycles. The summed E-state index contributed by atoms with van der Waals surface area (Å²) in [5.74, 6) is 0.843. The Labute approximate surface area is 113 Å². The minimum absolute atomic E-state index is 0.0107. The Bertz CT molecular complexity index is 213. The van der Waals surface area contributed by atoms with Crippen LogP contribution in [0, 0.1) is 5.92 Å². The van der Waals surface area contributed by atoms with E-state index in [1.165, 1.54) is 45.4 Å². The number of piperidine rings is 1. The van der Waals surface area contributed by atoms with Crippen molar-refractivity contribution in [1.29, 1.82) is 0 Å². The van der Waals surface area contributed by atoms with Crippen LogP contribution < -0.4 is 5.32 Å². The number of hydrogen-bond donors (Lipinski definition) is 1. The van der Waals surface area contributed by atoms with E-state index < -0.39 is 0 Å². The molecule has 0 radical (unpaired) electrons. The molecule has 0 bridgehead atoms. The Morgan fingerprint density at radius 2 is 2.11 bits per heavy atom. The van der Waals surface area contributed by atoms with Crippen LogP contribution in [-0.4, -0.2) is 50.3 Å². The topological polar surface area (TPSA) is 24.5 Å². The molecule has 18 heavy (non-hydrogen) atoms. The van der Waals surface area contributed by atoms with E-state index in [1.54, 1.807) is 0 Å². The fourth-order valence-electron chi connectivity index (χ4n) is 2.59. The maximum Gasteiger partial charge on any atom is 0.0634 e. The second kappa shape index (κ2) is 8.13. The SMILES string of the molecule is CCCN(CCC(C)(C)OC)CC1CCCNC1. The van der Waals surface area contributed by atoms with Gasteiger partial charge in [-0.05, 0) is 65.1 Å². The van der Waals surface area contributed by atoms with Crippen LogP contribution in [0.3, 0.4) is 0 Å². The Hall–Kier alpha value is -0.120. The van der Waals surface area contributed by atoms with Crippen LogP contribution in [0.15, 0.2) is 0 Å². The summed E-state index contributed by atoms with van der Waals surface area (Å²) < 4.78 is 5.52. The first kappa shape index (κ1) is 15.9. The fourth-order valence-corrected chi connectivity index (χ4v) is 2.59. The third kappa shape index (κ3) is 6.17. The second-order valence-electron chi connectivity index (χ2n) is 6.23. The second-order valence-corrected chi connectivity index (χ2v) is 6.23. The zero-order valence-electron chi connectivity index (χ0n) is 12.8. The van der Waals surface area contributed by atoms with E-state index in [2.05, 4.69) is 31.0 Å². The fraction of sp³-hybridized carbons (Fsp3) is 1.00. The van der Waals surface area contributed by atoms with Crippen molar-refractivity contribution in [1.82, 2.24) is 10.2 Å². The highest BCUT2D eigenvalue weighted by Gasteiger charge is 2.20. The molecule has 3 heteroatoms. The largest absolute Gasteiger partial charge is 0.379 e. The average molecular weight is 256 g/mol. The first-order valence-electron chi connectivity index (χ1n) is 7.55. The van der Waals surface area contributed by atoms with Gasteiger partial charge in [0.1, 0.15) is 0 Å². The Morgan fingerprint density at radius 3 is 2.67 bits per heavy atom. The lowest BCUT2D eigenvalue weighted by atomic mass is 9.98. The summed E-state index contributed by atoms with van der Waals surface area (Å²) in [6.07, 6.45) is 5.09. The van der Waals surface area contributed by atoms with Gasteiger partial charge in [0.2, 0.25) is 0 Å². The lowest BCUT2D eigenvalue weighted by molar-refractivity contribution is 0.00604. The van der Waals surface area contributed by atoms with Crippen LogP contribution in [0.1, 0.15) is 46.5 Å². The molecule has 108 valence electrons. The van der Waals surface area contributed by atoms with Crippen molar-refractivity contribution < 1.29 is 4.74 Å². The molecule has 1 atom stereocenters. The average Bonchev–Trinajstić information content (AvgIpc) is 2.38. The predicted molar refractivity (Wildman–Crippen MR) is 78.0 cm³/mol. The van der Waals surface area contributed by atoms with Gasteiger partial charge in [-0.1, -0.05) is 6.92 Å². The van der Waals surface area contributed by atoms with Crippen LogP contribution in [0.4, 0.5) is 0 Å². The Balaban J connectivity index is 2.33. The Kier molecular flexibility index (Phi) is 7.20.